The summed E-state index contributed by atoms with van der Waals surface area (Å²) in [6.45, 7) is 3.72. The lowest BCUT2D eigenvalue weighted by atomic mass is 9.88. The molecule has 7 heteroatoms. The lowest BCUT2D eigenvalue weighted by molar-refractivity contribution is 0.0593. The number of amides is 1. The maximum absolute atomic E-state index is 13.7. The standard InChI is InChI=1S/C24H29FN2O4/c1-15-21(16(2)26-22(15)24(30)31-3)20(28)14-27(13-17-8-5-4-6-9-17)23(29)18-10-7-11-19(25)12-18/h7,10-12,17,26H,4-6,8-9,13-14H2,1-3H3. The van der Waals surface area contributed by atoms with Gasteiger partial charge in [0.05, 0.1) is 13.7 Å². The van der Waals surface area contributed by atoms with E-state index in [9.17, 15) is 18.8 Å². The van der Waals surface area contributed by atoms with Crippen LogP contribution in [0.15, 0.2) is 24.3 Å². The summed E-state index contributed by atoms with van der Waals surface area (Å²) in [5, 5.41) is 0. The molecule has 1 aromatic carbocycles. The molecule has 0 unspecified atom stereocenters. The SMILES string of the molecule is COC(=O)c1[nH]c(C)c(C(=O)CN(CC2CCCCC2)C(=O)c2cccc(F)c2)c1C. The average Bonchev–Trinajstić information content (AvgIpc) is 3.06. The van der Waals surface area contributed by atoms with Crippen LogP contribution in [0, 0.1) is 25.6 Å². The number of ketones is 1. The maximum Gasteiger partial charge on any atom is 0.354 e. The smallest absolute Gasteiger partial charge is 0.354 e. The van der Waals surface area contributed by atoms with Crippen LogP contribution < -0.4 is 0 Å². The van der Waals surface area contributed by atoms with Crippen LogP contribution in [-0.2, 0) is 4.74 Å². The van der Waals surface area contributed by atoms with Crippen molar-refractivity contribution in [2.75, 3.05) is 20.2 Å². The Morgan fingerprint density at radius 1 is 1.16 bits per heavy atom. The fourth-order valence-corrected chi connectivity index (χ4v) is 4.43. The van der Waals surface area contributed by atoms with Crippen LogP contribution in [0.25, 0.3) is 0 Å². The molecular weight excluding hydrogens is 399 g/mol. The lowest BCUT2D eigenvalue weighted by Crippen LogP contribution is -2.40. The molecule has 31 heavy (non-hydrogen) atoms. The number of H-pyrrole nitrogens is 1. The van der Waals surface area contributed by atoms with E-state index in [1.54, 1.807) is 19.9 Å². The minimum atomic E-state index is -0.547. The fraction of sp³-hybridized carbons (Fsp3) is 0.458. The van der Waals surface area contributed by atoms with E-state index in [2.05, 4.69) is 4.98 Å². The summed E-state index contributed by atoms with van der Waals surface area (Å²) in [6.07, 6.45) is 5.43. The highest BCUT2D eigenvalue weighted by molar-refractivity contribution is 6.05. The number of nitrogens with zero attached hydrogens (tertiary/aromatic N) is 1. The highest BCUT2D eigenvalue weighted by Crippen LogP contribution is 2.26. The number of Topliss-reactive ketones (excluding diaryl/α,β-unsaturated/α-hetero) is 1. The number of nitrogens with one attached hydrogen (secondary N) is 1. The molecule has 166 valence electrons. The van der Waals surface area contributed by atoms with Crippen molar-refractivity contribution in [2.45, 2.75) is 46.0 Å². The molecule has 0 saturated heterocycles. The molecule has 0 atom stereocenters. The Hall–Kier alpha value is -2.96. The van der Waals surface area contributed by atoms with Gasteiger partial charge >= 0.3 is 5.97 Å². The summed E-state index contributed by atoms with van der Waals surface area (Å²) in [6, 6.07) is 5.54. The summed E-state index contributed by atoms with van der Waals surface area (Å²) in [5.41, 5.74) is 1.91. The zero-order chi connectivity index (χ0) is 22.5. The number of carbonyl (C=O) groups excluding carboxylic acids is 3. The maximum atomic E-state index is 13.7. The number of rotatable bonds is 7. The van der Waals surface area contributed by atoms with Crippen molar-refractivity contribution in [1.29, 1.82) is 0 Å². The molecule has 1 amide bonds. The molecule has 3 rings (SSSR count). The molecule has 0 radical (unpaired) electrons. The van der Waals surface area contributed by atoms with Gasteiger partial charge in [0.1, 0.15) is 11.5 Å². The predicted molar refractivity (Wildman–Crippen MR) is 115 cm³/mol. The molecular formula is C24H29FN2O4. The third-order valence-electron chi connectivity index (χ3n) is 6.00. The molecule has 1 aromatic heterocycles. The number of esters is 1. The number of hydrogen-bond acceptors (Lipinski definition) is 4. The van der Waals surface area contributed by atoms with E-state index >= 15 is 0 Å². The van der Waals surface area contributed by atoms with Crippen molar-refractivity contribution in [3.05, 3.63) is 58.2 Å². The van der Waals surface area contributed by atoms with Gasteiger partial charge in [-0.1, -0.05) is 25.3 Å². The Bertz CT molecular complexity index is 976. The van der Waals surface area contributed by atoms with Crippen LogP contribution in [-0.4, -0.2) is 47.7 Å². The number of carbonyl (C=O) groups is 3. The second-order valence-corrected chi connectivity index (χ2v) is 8.24. The molecule has 0 spiro atoms. The quantitative estimate of drug-likeness (QED) is 0.522. The first kappa shape index (κ1) is 22.7. The lowest BCUT2D eigenvalue weighted by Gasteiger charge is -2.29. The zero-order valence-corrected chi connectivity index (χ0v) is 18.3. The van der Waals surface area contributed by atoms with E-state index in [-0.39, 0.29) is 29.5 Å². The third-order valence-corrected chi connectivity index (χ3v) is 6.00. The van der Waals surface area contributed by atoms with E-state index in [4.69, 9.17) is 4.74 Å². The van der Waals surface area contributed by atoms with Gasteiger partial charge in [0.15, 0.2) is 5.78 Å². The number of methoxy groups -OCH3 is 1. The van der Waals surface area contributed by atoms with Gasteiger partial charge in [-0.3, -0.25) is 9.59 Å². The van der Waals surface area contributed by atoms with Crippen molar-refractivity contribution < 1.29 is 23.5 Å². The van der Waals surface area contributed by atoms with E-state index in [0.29, 0.717) is 29.3 Å². The molecule has 1 fully saturated rings. The fourth-order valence-electron chi connectivity index (χ4n) is 4.43. The number of aromatic amines is 1. The first-order chi connectivity index (χ1) is 14.8. The Morgan fingerprint density at radius 3 is 2.52 bits per heavy atom. The first-order valence-corrected chi connectivity index (χ1v) is 10.7. The van der Waals surface area contributed by atoms with Crippen molar-refractivity contribution in [2.24, 2.45) is 5.92 Å². The minimum Gasteiger partial charge on any atom is -0.464 e. The van der Waals surface area contributed by atoms with Gasteiger partial charge in [-0.15, -0.1) is 0 Å². The molecule has 1 N–H and O–H groups in total. The molecule has 6 nitrogen and oxygen atoms in total. The number of ether oxygens (including phenoxy) is 1. The van der Waals surface area contributed by atoms with Gasteiger partial charge in [0, 0.05) is 23.4 Å². The molecule has 0 aliphatic heterocycles. The van der Waals surface area contributed by atoms with Crippen molar-refractivity contribution >= 4 is 17.7 Å². The number of aromatic nitrogens is 1. The van der Waals surface area contributed by atoms with Crippen molar-refractivity contribution in [3.63, 3.8) is 0 Å². The molecule has 1 aliphatic rings. The predicted octanol–water partition coefficient (Wildman–Crippen LogP) is 4.46. The van der Waals surface area contributed by atoms with E-state index in [0.717, 1.165) is 25.7 Å². The van der Waals surface area contributed by atoms with Crippen molar-refractivity contribution in [3.8, 4) is 0 Å². The van der Waals surface area contributed by atoms with Crippen LogP contribution in [0.4, 0.5) is 4.39 Å². The number of benzene rings is 1. The third kappa shape index (κ3) is 5.21. The van der Waals surface area contributed by atoms with E-state index < -0.39 is 11.8 Å². The largest absolute Gasteiger partial charge is 0.464 e. The Labute approximate surface area is 181 Å². The summed E-state index contributed by atoms with van der Waals surface area (Å²) >= 11 is 0. The Balaban J connectivity index is 1.87. The van der Waals surface area contributed by atoms with Gasteiger partial charge in [-0.2, -0.15) is 0 Å². The Morgan fingerprint density at radius 2 is 1.87 bits per heavy atom. The summed E-state index contributed by atoms with van der Waals surface area (Å²) in [7, 11) is 1.28. The van der Waals surface area contributed by atoms with Gasteiger partial charge in [-0.25, -0.2) is 9.18 Å². The minimum absolute atomic E-state index is 0.133. The van der Waals surface area contributed by atoms with Gasteiger partial charge in [0.2, 0.25) is 0 Å². The number of hydrogen-bond donors (Lipinski definition) is 1. The normalized spacial score (nSPS) is 14.3. The average molecular weight is 429 g/mol. The highest BCUT2D eigenvalue weighted by atomic mass is 19.1. The van der Waals surface area contributed by atoms with Crippen LogP contribution in [0.1, 0.15) is 74.6 Å². The number of aryl methyl sites for hydroxylation is 1. The van der Waals surface area contributed by atoms with Crippen LogP contribution in [0.5, 0.6) is 0 Å². The van der Waals surface area contributed by atoms with Crippen LogP contribution in [0.2, 0.25) is 0 Å². The van der Waals surface area contributed by atoms with Gasteiger partial charge in [0.25, 0.3) is 5.91 Å². The summed E-state index contributed by atoms with van der Waals surface area (Å²) in [5.74, 6) is -1.35. The molecule has 1 aliphatic carbocycles. The Kier molecular flexibility index (Phi) is 7.25. The van der Waals surface area contributed by atoms with E-state index in [1.807, 2.05) is 0 Å². The zero-order valence-electron chi connectivity index (χ0n) is 18.3. The molecule has 0 bridgehead atoms. The van der Waals surface area contributed by atoms with Gasteiger partial charge < -0.3 is 14.6 Å². The van der Waals surface area contributed by atoms with Crippen LogP contribution >= 0.6 is 0 Å². The van der Waals surface area contributed by atoms with Crippen LogP contribution in [0.3, 0.4) is 0 Å². The van der Waals surface area contributed by atoms with E-state index in [1.165, 1.54) is 36.6 Å². The molecule has 1 saturated carbocycles. The topological polar surface area (TPSA) is 79.5 Å². The summed E-state index contributed by atoms with van der Waals surface area (Å²) in [4.78, 5) is 42.8. The van der Waals surface area contributed by atoms with Crippen molar-refractivity contribution in [1.82, 2.24) is 9.88 Å². The van der Waals surface area contributed by atoms with Gasteiger partial charge in [-0.05, 0) is 56.4 Å². The monoisotopic (exact) mass is 428 g/mol. The number of halogens is 1. The summed E-state index contributed by atoms with van der Waals surface area (Å²) < 4.78 is 18.5. The highest BCUT2D eigenvalue weighted by Gasteiger charge is 2.28. The molecule has 1 heterocycles. The molecule has 2 aromatic rings. The second kappa shape index (κ2) is 9.90. The second-order valence-electron chi connectivity index (χ2n) is 8.24. The first-order valence-electron chi connectivity index (χ1n) is 10.7.